The molecule has 24 heavy (non-hydrogen) atoms. The third kappa shape index (κ3) is 4.38. The summed E-state index contributed by atoms with van der Waals surface area (Å²) in [5.74, 6) is -1.46. The van der Waals surface area contributed by atoms with E-state index in [4.69, 9.17) is 5.11 Å². The topological polar surface area (TPSA) is 127 Å². The third-order valence-corrected chi connectivity index (χ3v) is 3.30. The van der Waals surface area contributed by atoms with Crippen LogP contribution in [0.4, 0.5) is 5.69 Å². The standard InChI is InChI=1S/C15H16N4O5/c1-10(6-14(20)21)7-16-15(22)11-8-17-18(9-11)12-2-4-13(5-3-12)19(23)24/h2-5,8-10H,6-7H2,1H3,(H,16,22)(H,20,21). The molecule has 1 amide bonds. The average Bonchev–Trinajstić information content (AvgIpc) is 3.02. The number of nitrogens with one attached hydrogen (secondary N) is 1. The molecule has 0 radical (unpaired) electrons. The normalized spacial score (nSPS) is 11.7. The molecule has 2 rings (SSSR count). The molecule has 2 aromatic rings. The summed E-state index contributed by atoms with van der Waals surface area (Å²) in [6, 6.07) is 5.76. The molecule has 2 N–H and O–H groups in total. The zero-order chi connectivity index (χ0) is 17.7. The zero-order valence-electron chi connectivity index (χ0n) is 12.9. The van der Waals surface area contributed by atoms with Crippen LogP contribution in [0, 0.1) is 16.0 Å². The summed E-state index contributed by atoms with van der Waals surface area (Å²) in [5, 5.41) is 26.0. The van der Waals surface area contributed by atoms with Gasteiger partial charge in [-0.15, -0.1) is 0 Å². The number of carbonyl (C=O) groups excluding carboxylic acids is 1. The van der Waals surface area contributed by atoms with E-state index in [-0.39, 0.29) is 30.5 Å². The molecule has 9 heteroatoms. The van der Waals surface area contributed by atoms with Crippen LogP contribution < -0.4 is 5.32 Å². The maximum absolute atomic E-state index is 12.0. The highest BCUT2D eigenvalue weighted by atomic mass is 16.6. The van der Waals surface area contributed by atoms with E-state index in [1.54, 1.807) is 6.92 Å². The third-order valence-electron chi connectivity index (χ3n) is 3.30. The lowest BCUT2D eigenvalue weighted by Gasteiger charge is -2.09. The Labute approximate surface area is 137 Å². The lowest BCUT2D eigenvalue weighted by molar-refractivity contribution is -0.384. The number of carboxylic acids is 1. The van der Waals surface area contributed by atoms with Crippen molar-refractivity contribution in [2.24, 2.45) is 5.92 Å². The Bertz CT molecular complexity index is 753. The number of benzene rings is 1. The molecule has 0 saturated carbocycles. The Hall–Kier alpha value is -3.23. The van der Waals surface area contributed by atoms with Crippen LogP contribution in [0.25, 0.3) is 5.69 Å². The predicted molar refractivity (Wildman–Crippen MR) is 84.0 cm³/mol. The van der Waals surface area contributed by atoms with Crippen molar-refractivity contribution in [2.75, 3.05) is 6.54 Å². The number of aliphatic carboxylic acids is 1. The van der Waals surface area contributed by atoms with Crippen molar-refractivity contribution in [3.63, 3.8) is 0 Å². The van der Waals surface area contributed by atoms with Crippen LogP contribution in [-0.2, 0) is 4.79 Å². The van der Waals surface area contributed by atoms with Gasteiger partial charge in [0, 0.05) is 31.3 Å². The van der Waals surface area contributed by atoms with Gasteiger partial charge in [0.05, 0.1) is 22.4 Å². The number of carboxylic acid groups (broad SMARTS) is 1. The smallest absolute Gasteiger partial charge is 0.303 e. The molecule has 1 aromatic carbocycles. The summed E-state index contributed by atoms with van der Waals surface area (Å²) >= 11 is 0. The quantitative estimate of drug-likeness (QED) is 0.586. The number of carbonyl (C=O) groups is 2. The molecule has 0 aliphatic heterocycles. The lowest BCUT2D eigenvalue weighted by Crippen LogP contribution is -2.28. The lowest BCUT2D eigenvalue weighted by atomic mass is 10.1. The first kappa shape index (κ1) is 17.1. The van der Waals surface area contributed by atoms with Gasteiger partial charge < -0.3 is 10.4 Å². The Morgan fingerprint density at radius 1 is 1.38 bits per heavy atom. The van der Waals surface area contributed by atoms with Crippen LogP contribution in [0.2, 0.25) is 0 Å². The van der Waals surface area contributed by atoms with Crippen molar-refractivity contribution in [3.05, 3.63) is 52.3 Å². The molecule has 9 nitrogen and oxygen atoms in total. The molecule has 1 heterocycles. The number of hydrogen-bond acceptors (Lipinski definition) is 5. The van der Waals surface area contributed by atoms with E-state index in [1.807, 2.05) is 0 Å². The summed E-state index contributed by atoms with van der Waals surface area (Å²) in [4.78, 5) is 32.7. The predicted octanol–water partition coefficient (Wildman–Crippen LogP) is 1.62. The Balaban J connectivity index is 2.00. The van der Waals surface area contributed by atoms with E-state index < -0.39 is 10.9 Å². The highest BCUT2D eigenvalue weighted by Gasteiger charge is 2.13. The van der Waals surface area contributed by atoms with Gasteiger partial charge in [-0.3, -0.25) is 19.7 Å². The Morgan fingerprint density at radius 3 is 2.62 bits per heavy atom. The molecule has 0 saturated heterocycles. The van der Waals surface area contributed by atoms with Gasteiger partial charge in [0.2, 0.25) is 0 Å². The molecule has 0 spiro atoms. The van der Waals surface area contributed by atoms with E-state index in [9.17, 15) is 19.7 Å². The van der Waals surface area contributed by atoms with Gasteiger partial charge in [0.25, 0.3) is 11.6 Å². The highest BCUT2D eigenvalue weighted by Crippen LogP contribution is 2.15. The summed E-state index contributed by atoms with van der Waals surface area (Å²) in [5.41, 5.74) is 0.867. The van der Waals surface area contributed by atoms with Gasteiger partial charge in [0.1, 0.15) is 0 Å². The molecule has 0 fully saturated rings. The molecule has 1 atom stereocenters. The van der Waals surface area contributed by atoms with E-state index in [1.165, 1.54) is 41.3 Å². The van der Waals surface area contributed by atoms with Gasteiger partial charge in [-0.25, -0.2) is 4.68 Å². The summed E-state index contributed by atoms with van der Waals surface area (Å²) in [7, 11) is 0. The number of nitro benzene ring substituents is 1. The molecule has 126 valence electrons. The molecule has 1 aromatic heterocycles. The minimum Gasteiger partial charge on any atom is -0.481 e. The van der Waals surface area contributed by atoms with Crippen molar-refractivity contribution in [2.45, 2.75) is 13.3 Å². The molecule has 0 bridgehead atoms. The van der Waals surface area contributed by atoms with Crippen molar-refractivity contribution < 1.29 is 19.6 Å². The van der Waals surface area contributed by atoms with Gasteiger partial charge in [-0.2, -0.15) is 5.10 Å². The number of rotatable bonds is 7. The van der Waals surface area contributed by atoms with E-state index in [2.05, 4.69) is 10.4 Å². The average molecular weight is 332 g/mol. The highest BCUT2D eigenvalue weighted by molar-refractivity contribution is 5.93. The van der Waals surface area contributed by atoms with Crippen molar-refractivity contribution in [1.82, 2.24) is 15.1 Å². The number of aromatic nitrogens is 2. The minimum absolute atomic E-state index is 0.0255. The van der Waals surface area contributed by atoms with Crippen LogP contribution in [-0.4, -0.2) is 38.2 Å². The number of hydrogen-bond donors (Lipinski definition) is 2. The second-order valence-corrected chi connectivity index (χ2v) is 5.36. The van der Waals surface area contributed by atoms with Crippen LogP contribution >= 0.6 is 0 Å². The maximum Gasteiger partial charge on any atom is 0.303 e. The minimum atomic E-state index is -0.914. The van der Waals surface area contributed by atoms with E-state index in [0.29, 0.717) is 11.3 Å². The van der Waals surface area contributed by atoms with Crippen LogP contribution in [0.1, 0.15) is 23.7 Å². The summed E-state index contributed by atoms with van der Waals surface area (Å²) in [6.45, 7) is 1.97. The van der Waals surface area contributed by atoms with Gasteiger partial charge in [0.15, 0.2) is 0 Å². The van der Waals surface area contributed by atoms with Crippen molar-refractivity contribution >= 4 is 17.6 Å². The molecular formula is C15H16N4O5. The summed E-state index contributed by atoms with van der Waals surface area (Å²) in [6.07, 6.45) is 2.85. The number of non-ortho nitro benzene ring substituents is 1. The Morgan fingerprint density at radius 2 is 2.04 bits per heavy atom. The fourth-order valence-corrected chi connectivity index (χ4v) is 2.05. The van der Waals surface area contributed by atoms with Crippen molar-refractivity contribution in [3.8, 4) is 5.69 Å². The second kappa shape index (κ2) is 7.36. The van der Waals surface area contributed by atoms with Crippen LogP contribution in [0.5, 0.6) is 0 Å². The molecular weight excluding hydrogens is 316 g/mol. The summed E-state index contributed by atoms with van der Waals surface area (Å²) < 4.78 is 1.43. The van der Waals surface area contributed by atoms with Crippen molar-refractivity contribution in [1.29, 1.82) is 0 Å². The first-order valence-electron chi connectivity index (χ1n) is 7.16. The van der Waals surface area contributed by atoms with Crippen LogP contribution in [0.3, 0.4) is 0 Å². The number of nitro groups is 1. The largest absolute Gasteiger partial charge is 0.481 e. The maximum atomic E-state index is 12.0. The van der Waals surface area contributed by atoms with E-state index in [0.717, 1.165) is 0 Å². The second-order valence-electron chi connectivity index (χ2n) is 5.36. The number of nitrogens with zero attached hydrogens (tertiary/aromatic N) is 3. The Kier molecular flexibility index (Phi) is 5.25. The zero-order valence-corrected chi connectivity index (χ0v) is 12.9. The monoisotopic (exact) mass is 332 g/mol. The van der Waals surface area contributed by atoms with E-state index >= 15 is 0 Å². The van der Waals surface area contributed by atoms with Gasteiger partial charge >= 0.3 is 5.97 Å². The van der Waals surface area contributed by atoms with Gasteiger partial charge in [-0.1, -0.05) is 6.92 Å². The number of amides is 1. The van der Waals surface area contributed by atoms with Crippen LogP contribution in [0.15, 0.2) is 36.7 Å². The fraction of sp³-hybridized carbons (Fsp3) is 0.267. The molecule has 0 aliphatic carbocycles. The molecule has 0 aliphatic rings. The first-order valence-corrected chi connectivity index (χ1v) is 7.16. The van der Waals surface area contributed by atoms with Gasteiger partial charge in [-0.05, 0) is 18.1 Å². The SMILES string of the molecule is CC(CNC(=O)c1cnn(-c2ccc([N+](=O)[O-])cc2)c1)CC(=O)O. The fourth-order valence-electron chi connectivity index (χ4n) is 2.05. The molecule has 1 unspecified atom stereocenters. The first-order chi connectivity index (χ1) is 11.4.